The van der Waals surface area contributed by atoms with Crippen LogP contribution in [0.15, 0.2) is 34.9 Å². The average Bonchev–Trinajstić information content (AvgIpc) is 1.95. The van der Waals surface area contributed by atoms with Crippen LogP contribution < -0.4 is 0 Å². The van der Waals surface area contributed by atoms with Gasteiger partial charge in [-0.25, -0.2) is 0 Å². The molecule has 0 amide bonds. The van der Waals surface area contributed by atoms with Gasteiger partial charge in [0.1, 0.15) is 0 Å². The van der Waals surface area contributed by atoms with Gasteiger partial charge in [-0.05, 0) is 26.3 Å². The molecule has 1 unspecified atom stereocenters. The largest absolute Gasteiger partial charge is 0.0910 e. The van der Waals surface area contributed by atoms with E-state index >= 15 is 0 Å². The molecule has 0 spiro atoms. The van der Waals surface area contributed by atoms with Crippen molar-refractivity contribution in [1.82, 2.24) is 0 Å². The molecule has 0 aromatic rings. The van der Waals surface area contributed by atoms with Crippen molar-refractivity contribution in [2.24, 2.45) is 5.92 Å². The smallest absolute Gasteiger partial charge is 0.0366 e. The number of halogens is 1. The van der Waals surface area contributed by atoms with E-state index in [0.29, 0.717) is 5.92 Å². The molecule has 0 saturated carbocycles. The summed E-state index contributed by atoms with van der Waals surface area (Å²) in [4.78, 5) is 0. The van der Waals surface area contributed by atoms with Crippen molar-refractivity contribution in [3.8, 4) is 0 Å². The molecule has 0 radical (unpaired) electrons. The lowest BCUT2D eigenvalue weighted by atomic mass is 9.92. The Kier molecular flexibility index (Phi) is 2.95. The standard InChI is InChI=1S/C10H13Cl/c1-3-4-9-5-6-10(11)7-8(9)2/h3-4,6-7,9H,5H2,1-2H3/b4-3-. The Bertz CT molecular complexity index is 221. The number of allylic oxidation sites excluding steroid dienone is 6. The summed E-state index contributed by atoms with van der Waals surface area (Å²) >= 11 is 5.84. The maximum Gasteiger partial charge on any atom is 0.0366 e. The highest BCUT2D eigenvalue weighted by atomic mass is 35.5. The van der Waals surface area contributed by atoms with Gasteiger partial charge in [0.05, 0.1) is 0 Å². The summed E-state index contributed by atoms with van der Waals surface area (Å²) in [5.41, 5.74) is 1.36. The SMILES string of the molecule is C/C=C\C1CC=C(Cl)C=C1C. The first-order valence-electron chi connectivity index (χ1n) is 3.90. The molecule has 0 saturated heterocycles. The Morgan fingerprint density at radius 1 is 1.64 bits per heavy atom. The Morgan fingerprint density at radius 2 is 2.36 bits per heavy atom. The van der Waals surface area contributed by atoms with Crippen LogP contribution in [0.3, 0.4) is 0 Å². The zero-order valence-electron chi connectivity index (χ0n) is 6.97. The van der Waals surface area contributed by atoms with E-state index in [9.17, 15) is 0 Å². The van der Waals surface area contributed by atoms with Crippen LogP contribution in [0, 0.1) is 5.92 Å². The minimum atomic E-state index is 0.572. The van der Waals surface area contributed by atoms with E-state index in [-0.39, 0.29) is 0 Å². The molecular formula is C10H13Cl. The highest BCUT2D eigenvalue weighted by molar-refractivity contribution is 6.31. The zero-order valence-corrected chi connectivity index (χ0v) is 7.73. The topological polar surface area (TPSA) is 0 Å². The van der Waals surface area contributed by atoms with Crippen LogP contribution >= 0.6 is 11.6 Å². The fourth-order valence-corrected chi connectivity index (χ4v) is 1.53. The Labute approximate surface area is 73.3 Å². The molecule has 0 N–H and O–H groups in total. The Balaban J connectivity index is 2.71. The van der Waals surface area contributed by atoms with Gasteiger partial charge in [0.15, 0.2) is 0 Å². The highest BCUT2D eigenvalue weighted by Gasteiger charge is 2.09. The average molecular weight is 169 g/mol. The van der Waals surface area contributed by atoms with Crippen molar-refractivity contribution in [2.45, 2.75) is 20.3 Å². The van der Waals surface area contributed by atoms with E-state index < -0.39 is 0 Å². The Morgan fingerprint density at radius 3 is 2.91 bits per heavy atom. The summed E-state index contributed by atoms with van der Waals surface area (Å²) in [6, 6.07) is 0. The maximum absolute atomic E-state index is 5.84. The van der Waals surface area contributed by atoms with Gasteiger partial charge in [0.2, 0.25) is 0 Å². The van der Waals surface area contributed by atoms with Gasteiger partial charge in [0, 0.05) is 11.0 Å². The number of rotatable bonds is 1. The summed E-state index contributed by atoms with van der Waals surface area (Å²) in [5, 5.41) is 0.878. The molecule has 0 aliphatic heterocycles. The minimum absolute atomic E-state index is 0.572. The molecule has 0 nitrogen and oxygen atoms in total. The molecule has 0 aromatic carbocycles. The molecule has 1 aliphatic carbocycles. The molecule has 60 valence electrons. The van der Waals surface area contributed by atoms with Crippen LogP contribution in [-0.2, 0) is 0 Å². The van der Waals surface area contributed by atoms with Crippen molar-refractivity contribution in [2.75, 3.05) is 0 Å². The molecule has 11 heavy (non-hydrogen) atoms. The molecule has 1 heteroatoms. The summed E-state index contributed by atoms with van der Waals surface area (Å²) in [6.45, 7) is 4.17. The van der Waals surface area contributed by atoms with Gasteiger partial charge in [-0.15, -0.1) is 0 Å². The normalized spacial score (nSPS) is 25.2. The van der Waals surface area contributed by atoms with Crippen LogP contribution in [0.5, 0.6) is 0 Å². The molecule has 1 aliphatic rings. The molecule has 0 heterocycles. The van der Waals surface area contributed by atoms with Crippen LogP contribution in [0.2, 0.25) is 0 Å². The quantitative estimate of drug-likeness (QED) is 0.525. The predicted molar refractivity (Wildman–Crippen MR) is 50.6 cm³/mol. The molecule has 0 aromatic heterocycles. The first kappa shape index (κ1) is 8.61. The van der Waals surface area contributed by atoms with Crippen LogP contribution in [0.25, 0.3) is 0 Å². The summed E-state index contributed by atoms with van der Waals surface area (Å²) < 4.78 is 0. The first-order valence-corrected chi connectivity index (χ1v) is 4.28. The van der Waals surface area contributed by atoms with Crippen molar-refractivity contribution in [3.05, 3.63) is 34.9 Å². The van der Waals surface area contributed by atoms with Crippen LogP contribution in [-0.4, -0.2) is 0 Å². The van der Waals surface area contributed by atoms with Crippen molar-refractivity contribution in [1.29, 1.82) is 0 Å². The molecule has 1 atom stereocenters. The summed E-state index contributed by atoms with van der Waals surface area (Å²) in [6.07, 6.45) is 9.46. The van der Waals surface area contributed by atoms with Crippen molar-refractivity contribution in [3.63, 3.8) is 0 Å². The van der Waals surface area contributed by atoms with Crippen molar-refractivity contribution >= 4 is 11.6 Å². The van der Waals surface area contributed by atoms with E-state index in [2.05, 4.69) is 25.2 Å². The highest BCUT2D eigenvalue weighted by Crippen LogP contribution is 2.26. The number of hydrogen-bond donors (Lipinski definition) is 0. The lowest BCUT2D eigenvalue weighted by Crippen LogP contribution is -2.00. The fraction of sp³-hybridized carbons (Fsp3) is 0.400. The second-order valence-electron chi connectivity index (χ2n) is 2.85. The Hall–Kier alpha value is -0.490. The van der Waals surface area contributed by atoms with Gasteiger partial charge in [-0.1, -0.05) is 35.4 Å². The van der Waals surface area contributed by atoms with Crippen LogP contribution in [0.1, 0.15) is 20.3 Å². The molecule has 0 fully saturated rings. The third kappa shape index (κ3) is 2.23. The predicted octanol–water partition coefficient (Wildman–Crippen LogP) is 3.65. The van der Waals surface area contributed by atoms with E-state index in [1.165, 1.54) is 5.57 Å². The van der Waals surface area contributed by atoms with Gasteiger partial charge < -0.3 is 0 Å². The minimum Gasteiger partial charge on any atom is -0.0910 e. The monoisotopic (exact) mass is 168 g/mol. The lowest BCUT2D eigenvalue weighted by molar-refractivity contribution is 0.761. The third-order valence-corrected chi connectivity index (χ3v) is 2.21. The summed E-state index contributed by atoms with van der Waals surface area (Å²) in [5.74, 6) is 0.572. The van der Waals surface area contributed by atoms with E-state index in [1.54, 1.807) is 0 Å². The van der Waals surface area contributed by atoms with E-state index in [0.717, 1.165) is 11.5 Å². The molecular weight excluding hydrogens is 156 g/mol. The summed E-state index contributed by atoms with van der Waals surface area (Å²) in [7, 11) is 0. The lowest BCUT2D eigenvalue weighted by Gasteiger charge is -2.15. The van der Waals surface area contributed by atoms with Gasteiger partial charge in [-0.2, -0.15) is 0 Å². The van der Waals surface area contributed by atoms with Gasteiger partial charge in [0.25, 0.3) is 0 Å². The zero-order chi connectivity index (χ0) is 8.27. The maximum atomic E-state index is 5.84. The van der Waals surface area contributed by atoms with Gasteiger partial charge in [-0.3, -0.25) is 0 Å². The molecule has 1 rings (SSSR count). The second kappa shape index (κ2) is 3.77. The fourth-order valence-electron chi connectivity index (χ4n) is 1.27. The van der Waals surface area contributed by atoms with E-state index in [4.69, 9.17) is 11.6 Å². The van der Waals surface area contributed by atoms with Gasteiger partial charge >= 0.3 is 0 Å². The van der Waals surface area contributed by atoms with Crippen LogP contribution in [0.4, 0.5) is 0 Å². The number of hydrogen-bond acceptors (Lipinski definition) is 0. The van der Waals surface area contributed by atoms with Crippen molar-refractivity contribution < 1.29 is 0 Å². The first-order chi connectivity index (χ1) is 5.24. The second-order valence-corrected chi connectivity index (χ2v) is 3.28. The third-order valence-electron chi connectivity index (χ3n) is 1.94. The van der Waals surface area contributed by atoms with E-state index in [1.807, 2.05) is 13.0 Å². The molecule has 0 bridgehead atoms.